The van der Waals surface area contributed by atoms with Crippen LogP contribution in [0, 0.1) is 20.8 Å². The summed E-state index contributed by atoms with van der Waals surface area (Å²) in [6.07, 6.45) is 1.97. The number of hydrogen-bond acceptors (Lipinski definition) is 2. The maximum Gasteiger partial charge on any atom is 0.170 e. The zero-order chi connectivity index (χ0) is 12.4. The highest BCUT2D eigenvalue weighted by Gasteiger charge is 2.11. The first-order valence-electron chi connectivity index (χ1n) is 5.71. The molecule has 2 aromatic rings. The monoisotopic (exact) mass is 228 g/mol. The Hall–Kier alpha value is -1.83. The summed E-state index contributed by atoms with van der Waals surface area (Å²) in [7, 11) is 0. The Labute approximate surface area is 101 Å². The van der Waals surface area contributed by atoms with Crippen LogP contribution in [0.5, 0.6) is 0 Å². The highest BCUT2D eigenvalue weighted by Crippen LogP contribution is 2.15. The minimum absolute atomic E-state index is 0.107. The molecule has 0 aliphatic rings. The van der Waals surface area contributed by atoms with E-state index in [0.717, 1.165) is 16.9 Å². The van der Waals surface area contributed by atoms with Gasteiger partial charge in [-0.25, -0.2) is 0 Å². The van der Waals surface area contributed by atoms with Gasteiger partial charge in [-0.15, -0.1) is 0 Å². The summed E-state index contributed by atoms with van der Waals surface area (Å²) in [5.74, 6) is 0.880. The zero-order valence-electron chi connectivity index (χ0n) is 10.4. The maximum atomic E-state index is 12.0. The molecule has 0 atom stereocenters. The van der Waals surface area contributed by atoms with E-state index in [4.69, 9.17) is 4.42 Å². The Morgan fingerprint density at radius 1 is 1.18 bits per heavy atom. The van der Waals surface area contributed by atoms with E-state index >= 15 is 0 Å². The van der Waals surface area contributed by atoms with Gasteiger partial charge in [0.2, 0.25) is 0 Å². The molecule has 1 aromatic heterocycles. The number of carbonyl (C=O) groups excluding carboxylic acids is 1. The first kappa shape index (κ1) is 11.6. The van der Waals surface area contributed by atoms with Crippen LogP contribution >= 0.6 is 0 Å². The van der Waals surface area contributed by atoms with Crippen molar-refractivity contribution in [3.05, 3.63) is 58.5 Å². The van der Waals surface area contributed by atoms with Crippen LogP contribution in [0.25, 0.3) is 0 Å². The summed E-state index contributed by atoms with van der Waals surface area (Å²) >= 11 is 0. The predicted octanol–water partition coefficient (Wildman–Crippen LogP) is 3.63. The van der Waals surface area contributed by atoms with Crippen molar-refractivity contribution < 1.29 is 9.21 Å². The quantitative estimate of drug-likeness (QED) is 0.751. The molecule has 0 fully saturated rings. The van der Waals surface area contributed by atoms with Gasteiger partial charge in [0, 0.05) is 6.42 Å². The van der Waals surface area contributed by atoms with Crippen molar-refractivity contribution in [1.82, 2.24) is 0 Å². The van der Waals surface area contributed by atoms with Crippen LogP contribution in [-0.4, -0.2) is 5.78 Å². The van der Waals surface area contributed by atoms with Crippen molar-refractivity contribution in [1.29, 1.82) is 0 Å². The molecule has 0 aliphatic heterocycles. The van der Waals surface area contributed by atoms with Gasteiger partial charge in [0.1, 0.15) is 12.0 Å². The molecular weight excluding hydrogens is 212 g/mol. The van der Waals surface area contributed by atoms with Crippen LogP contribution in [0.15, 0.2) is 34.9 Å². The van der Waals surface area contributed by atoms with E-state index in [-0.39, 0.29) is 5.78 Å². The number of hydrogen-bond donors (Lipinski definition) is 0. The molecule has 0 saturated heterocycles. The predicted molar refractivity (Wildman–Crippen MR) is 67.4 cm³/mol. The molecule has 0 N–H and O–H groups in total. The maximum absolute atomic E-state index is 12.0. The molecule has 0 saturated carbocycles. The molecule has 2 nitrogen and oxygen atoms in total. The van der Waals surface area contributed by atoms with Crippen molar-refractivity contribution in [2.45, 2.75) is 27.2 Å². The largest absolute Gasteiger partial charge is 0.469 e. The van der Waals surface area contributed by atoms with Crippen LogP contribution in [0.3, 0.4) is 0 Å². The van der Waals surface area contributed by atoms with Crippen LogP contribution in [0.2, 0.25) is 0 Å². The first-order valence-corrected chi connectivity index (χ1v) is 5.71. The second-order valence-electron chi connectivity index (χ2n) is 4.48. The number of ketones is 1. The summed E-state index contributed by atoms with van der Waals surface area (Å²) in [5, 5.41) is 0. The molecule has 2 heteroatoms. The van der Waals surface area contributed by atoms with E-state index in [0.29, 0.717) is 12.0 Å². The van der Waals surface area contributed by atoms with Crippen molar-refractivity contribution >= 4 is 5.78 Å². The van der Waals surface area contributed by atoms with Gasteiger partial charge < -0.3 is 4.42 Å². The summed E-state index contributed by atoms with van der Waals surface area (Å²) < 4.78 is 5.16. The van der Waals surface area contributed by atoms with Crippen molar-refractivity contribution in [2.24, 2.45) is 0 Å². The topological polar surface area (TPSA) is 30.2 Å². The third-order valence-corrected chi connectivity index (χ3v) is 2.91. The van der Waals surface area contributed by atoms with Gasteiger partial charge in [-0.2, -0.15) is 0 Å². The number of furan rings is 1. The highest BCUT2D eigenvalue weighted by atomic mass is 16.3. The number of carbonyl (C=O) groups is 1. The second kappa shape index (κ2) is 4.58. The van der Waals surface area contributed by atoms with E-state index < -0.39 is 0 Å². The summed E-state index contributed by atoms with van der Waals surface area (Å²) in [5.41, 5.74) is 4.09. The molecule has 0 aliphatic carbocycles. The van der Waals surface area contributed by atoms with Crippen molar-refractivity contribution in [3.8, 4) is 0 Å². The summed E-state index contributed by atoms with van der Waals surface area (Å²) in [6, 6.07) is 7.97. The lowest BCUT2D eigenvalue weighted by atomic mass is 9.99. The smallest absolute Gasteiger partial charge is 0.170 e. The molecular formula is C15H16O2. The minimum atomic E-state index is 0.107. The highest BCUT2D eigenvalue weighted by molar-refractivity contribution is 5.97. The molecule has 0 radical (unpaired) electrons. The molecule has 0 amide bonds. The minimum Gasteiger partial charge on any atom is -0.469 e. The normalized spacial score (nSPS) is 10.5. The fourth-order valence-corrected chi connectivity index (χ4v) is 1.86. The average Bonchev–Trinajstić information content (AvgIpc) is 2.70. The number of benzene rings is 1. The van der Waals surface area contributed by atoms with Gasteiger partial charge in [0.05, 0.1) is 5.56 Å². The van der Waals surface area contributed by atoms with Crippen LogP contribution < -0.4 is 0 Å². The Bertz CT molecular complexity index is 550. The number of Topliss-reactive ketones (excluding diaryl/α,β-unsaturated/α-hetero) is 1. The van der Waals surface area contributed by atoms with E-state index in [1.165, 1.54) is 11.8 Å². The number of aryl methyl sites for hydroxylation is 3. The summed E-state index contributed by atoms with van der Waals surface area (Å²) in [6.45, 7) is 5.91. The van der Waals surface area contributed by atoms with E-state index in [2.05, 4.69) is 18.2 Å². The molecule has 1 aromatic carbocycles. The van der Waals surface area contributed by atoms with Crippen LogP contribution in [0.4, 0.5) is 0 Å². The molecule has 1 heterocycles. The molecule has 0 spiro atoms. The molecule has 88 valence electrons. The van der Waals surface area contributed by atoms with Gasteiger partial charge in [-0.1, -0.05) is 23.8 Å². The van der Waals surface area contributed by atoms with Crippen LogP contribution in [0.1, 0.15) is 32.8 Å². The van der Waals surface area contributed by atoms with Gasteiger partial charge in [0.25, 0.3) is 0 Å². The Kier molecular flexibility index (Phi) is 3.14. The SMILES string of the molecule is Cc1ccc(C)c(CC(=O)c2coc(C)c2)c1. The van der Waals surface area contributed by atoms with Gasteiger partial charge in [-0.05, 0) is 38.0 Å². The zero-order valence-corrected chi connectivity index (χ0v) is 10.4. The Balaban J connectivity index is 2.21. The molecule has 17 heavy (non-hydrogen) atoms. The molecule has 0 bridgehead atoms. The van der Waals surface area contributed by atoms with Gasteiger partial charge in [0.15, 0.2) is 5.78 Å². The van der Waals surface area contributed by atoms with E-state index in [1.807, 2.05) is 20.8 Å². The van der Waals surface area contributed by atoms with Gasteiger partial charge in [-0.3, -0.25) is 4.79 Å². The van der Waals surface area contributed by atoms with Gasteiger partial charge >= 0.3 is 0 Å². The van der Waals surface area contributed by atoms with E-state index in [9.17, 15) is 4.79 Å². The summed E-state index contributed by atoms with van der Waals surface area (Å²) in [4.78, 5) is 12.0. The molecule has 2 rings (SSSR count). The Morgan fingerprint density at radius 2 is 1.94 bits per heavy atom. The number of rotatable bonds is 3. The van der Waals surface area contributed by atoms with Crippen molar-refractivity contribution in [3.63, 3.8) is 0 Å². The van der Waals surface area contributed by atoms with Crippen LogP contribution in [-0.2, 0) is 6.42 Å². The fraction of sp³-hybridized carbons (Fsp3) is 0.267. The third kappa shape index (κ3) is 2.64. The van der Waals surface area contributed by atoms with Crippen molar-refractivity contribution in [2.75, 3.05) is 0 Å². The molecule has 0 unspecified atom stereocenters. The lowest BCUT2D eigenvalue weighted by molar-refractivity contribution is 0.0992. The second-order valence-corrected chi connectivity index (χ2v) is 4.48. The third-order valence-electron chi connectivity index (χ3n) is 2.91. The standard InChI is InChI=1S/C15H16O2/c1-10-4-5-11(2)13(6-10)8-15(16)14-7-12(3)17-9-14/h4-7,9H,8H2,1-3H3. The Morgan fingerprint density at radius 3 is 2.59 bits per heavy atom. The lowest BCUT2D eigenvalue weighted by Crippen LogP contribution is -2.04. The average molecular weight is 228 g/mol. The first-order chi connectivity index (χ1) is 8.06. The van der Waals surface area contributed by atoms with E-state index in [1.54, 1.807) is 6.07 Å². The lowest BCUT2D eigenvalue weighted by Gasteiger charge is -2.05. The fourth-order valence-electron chi connectivity index (χ4n) is 1.86.